The van der Waals surface area contributed by atoms with Crippen LogP contribution in [-0.2, 0) is 4.79 Å². The van der Waals surface area contributed by atoms with Crippen LogP contribution < -0.4 is 15.6 Å². The van der Waals surface area contributed by atoms with Gasteiger partial charge in [-0.05, 0) is 30.7 Å². The molecule has 2 aromatic heterocycles. The first-order valence-corrected chi connectivity index (χ1v) is 9.79. The fourth-order valence-electron chi connectivity index (χ4n) is 2.18. The summed E-state index contributed by atoms with van der Waals surface area (Å²) in [6.45, 7) is 1.89. The Balaban J connectivity index is 1.67. The number of methoxy groups -OCH3 is 1. The average molecular weight is 403 g/mol. The Morgan fingerprint density at radius 1 is 1.30 bits per heavy atom. The topological polar surface area (TPSA) is 110 Å². The van der Waals surface area contributed by atoms with Gasteiger partial charge in [-0.25, -0.2) is 4.98 Å². The largest absolute Gasteiger partial charge is 0.497 e. The molecule has 3 aromatic rings. The second-order valence-electron chi connectivity index (χ2n) is 5.38. The molecule has 2 heterocycles. The van der Waals surface area contributed by atoms with E-state index in [1.807, 2.05) is 31.2 Å². The molecule has 0 spiro atoms. The van der Waals surface area contributed by atoms with E-state index in [4.69, 9.17) is 4.74 Å². The zero-order valence-electron chi connectivity index (χ0n) is 14.6. The van der Waals surface area contributed by atoms with Crippen LogP contribution in [-0.4, -0.2) is 38.4 Å². The Bertz CT molecular complexity index is 971. The first kappa shape index (κ1) is 19.1. The Labute approximate surface area is 163 Å². The number of H-pyrrole nitrogens is 1. The lowest BCUT2D eigenvalue weighted by atomic mass is 10.2. The average Bonchev–Trinajstić information content (AvgIpc) is 3.14. The quantitative estimate of drug-likeness (QED) is 0.461. The van der Waals surface area contributed by atoms with Crippen molar-refractivity contribution in [1.29, 1.82) is 0 Å². The van der Waals surface area contributed by atoms with Gasteiger partial charge in [0.15, 0.2) is 5.16 Å². The summed E-state index contributed by atoms with van der Waals surface area (Å²) in [5, 5.41) is 12.0. The SMILES string of the molecule is CCC(Sc1nccc(=O)[nH]1)C(=O)Nc1nnc(-c2ccc(OC)cc2)s1. The lowest BCUT2D eigenvalue weighted by Crippen LogP contribution is -2.25. The van der Waals surface area contributed by atoms with E-state index in [1.165, 1.54) is 35.4 Å². The Morgan fingerprint density at radius 3 is 2.74 bits per heavy atom. The van der Waals surface area contributed by atoms with Gasteiger partial charge in [0.2, 0.25) is 11.0 Å². The molecule has 0 radical (unpaired) electrons. The number of anilines is 1. The van der Waals surface area contributed by atoms with Crippen molar-refractivity contribution >= 4 is 34.1 Å². The van der Waals surface area contributed by atoms with E-state index in [0.29, 0.717) is 21.7 Å². The number of thioether (sulfide) groups is 1. The number of ether oxygens (including phenoxy) is 1. The van der Waals surface area contributed by atoms with Crippen LogP contribution in [0.4, 0.5) is 5.13 Å². The van der Waals surface area contributed by atoms with Gasteiger partial charge in [0.25, 0.3) is 5.56 Å². The molecule has 0 aliphatic rings. The second-order valence-corrected chi connectivity index (χ2v) is 7.55. The van der Waals surface area contributed by atoms with E-state index >= 15 is 0 Å². The molecule has 0 aliphatic heterocycles. The fraction of sp³-hybridized carbons (Fsp3) is 0.235. The van der Waals surface area contributed by atoms with Gasteiger partial charge in [-0.1, -0.05) is 30.0 Å². The summed E-state index contributed by atoms with van der Waals surface area (Å²) in [5.41, 5.74) is 0.636. The van der Waals surface area contributed by atoms with Crippen molar-refractivity contribution in [2.24, 2.45) is 0 Å². The van der Waals surface area contributed by atoms with Crippen LogP contribution in [0.15, 0.2) is 46.5 Å². The predicted molar refractivity (Wildman–Crippen MR) is 105 cm³/mol. The van der Waals surface area contributed by atoms with Crippen molar-refractivity contribution in [2.45, 2.75) is 23.8 Å². The molecular formula is C17H17N5O3S2. The summed E-state index contributed by atoms with van der Waals surface area (Å²) >= 11 is 2.49. The van der Waals surface area contributed by atoms with Crippen LogP contribution in [0.5, 0.6) is 5.75 Å². The third-order valence-electron chi connectivity index (χ3n) is 3.56. The van der Waals surface area contributed by atoms with Crippen LogP contribution in [0.1, 0.15) is 13.3 Å². The number of hydrogen-bond donors (Lipinski definition) is 2. The number of hydrogen-bond acceptors (Lipinski definition) is 8. The maximum Gasteiger partial charge on any atom is 0.251 e. The zero-order valence-corrected chi connectivity index (χ0v) is 16.3. The highest BCUT2D eigenvalue weighted by Crippen LogP contribution is 2.29. The van der Waals surface area contributed by atoms with Crippen LogP contribution >= 0.6 is 23.1 Å². The number of benzene rings is 1. The molecule has 3 rings (SSSR count). The number of carbonyl (C=O) groups excluding carboxylic acids is 1. The van der Waals surface area contributed by atoms with Crippen molar-refractivity contribution in [3.05, 3.63) is 46.9 Å². The molecule has 27 heavy (non-hydrogen) atoms. The molecule has 10 heteroatoms. The highest BCUT2D eigenvalue weighted by molar-refractivity contribution is 8.00. The zero-order chi connectivity index (χ0) is 19.2. The smallest absolute Gasteiger partial charge is 0.251 e. The summed E-state index contributed by atoms with van der Waals surface area (Å²) in [6, 6.07) is 8.77. The number of carbonyl (C=O) groups is 1. The Morgan fingerprint density at radius 2 is 2.07 bits per heavy atom. The van der Waals surface area contributed by atoms with Gasteiger partial charge in [-0.15, -0.1) is 10.2 Å². The van der Waals surface area contributed by atoms with E-state index in [-0.39, 0.29) is 11.5 Å². The number of nitrogens with zero attached hydrogens (tertiary/aromatic N) is 3. The second kappa shape index (κ2) is 8.78. The number of aromatic amines is 1. The van der Waals surface area contributed by atoms with Gasteiger partial charge >= 0.3 is 0 Å². The Kier molecular flexibility index (Phi) is 6.20. The number of rotatable bonds is 7. The summed E-state index contributed by atoms with van der Waals surface area (Å²) in [5.74, 6) is 0.540. The lowest BCUT2D eigenvalue weighted by Gasteiger charge is -2.12. The summed E-state index contributed by atoms with van der Waals surface area (Å²) in [4.78, 5) is 30.6. The van der Waals surface area contributed by atoms with E-state index in [1.54, 1.807) is 7.11 Å². The summed E-state index contributed by atoms with van der Waals surface area (Å²) < 4.78 is 5.14. The minimum Gasteiger partial charge on any atom is -0.497 e. The first-order chi connectivity index (χ1) is 13.1. The van der Waals surface area contributed by atoms with Gasteiger partial charge in [-0.2, -0.15) is 0 Å². The summed E-state index contributed by atoms with van der Waals surface area (Å²) in [7, 11) is 1.61. The minimum absolute atomic E-state index is 0.216. The van der Waals surface area contributed by atoms with Gasteiger partial charge in [0.1, 0.15) is 10.8 Å². The molecule has 0 fully saturated rings. The van der Waals surface area contributed by atoms with Crippen molar-refractivity contribution in [3.8, 4) is 16.3 Å². The number of amides is 1. The standard InChI is InChI=1S/C17H17N5O3S2/c1-3-12(26-16-18-9-8-13(23)19-16)14(24)20-17-22-21-15(27-17)10-4-6-11(25-2)7-5-10/h4-9,12H,3H2,1-2H3,(H,18,19,23)(H,20,22,24). The van der Waals surface area contributed by atoms with Crippen LogP contribution in [0, 0.1) is 0 Å². The van der Waals surface area contributed by atoms with Gasteiger partial charge < -0.3 is 9.72 Å². The first-order valence-electron chi connectivity index (χ1n) is 8.10. The van der Waals surface area contributed by atoms with Crippen molar-refractivity contribution in [3.63, 3.8) is 0 Å². The van der Waals surface area contributed by atoms with Gasteiger partial charge in [0.05, 0.1) is 12.4 Å². The van der Waals surface area contributed by atoms with Crippen LogP contribution in [0.2, 0.25) is 0 Å². The fourth-order valence-corrected chi connectivity index (χ4v) is 3.81. The number of nitrogens with one attached hydrogen (secondary N) is 2. The molecule has 0 saturated carbocycles. The molecule has 0 saturated heterocycles. The molecule has 0 aliphatic carbocycles. The molecule has 2 N–H and O–H groups in total. The van der Waals surface area contributed by atoms with Crippen molar-refractivity contribution in [1.82, 2.24) is 20.2 Å². The highest BCUT2D eigenvalue weighted by Gasteiger charge is 2.21. The van der Waals surface area contributed by atoms with E-state index in [0.717, 1.165) is 11.3 Å². The molecule has 1 aromatic carbocycles. The molecule has 8 nitrogen and oxygen atoms in total. The monoisotopic (exact) mass is 403 g/mol. The van der Waals surface area contributed by atoms with E-state index in [2.05, 4.69) is 25.5 Å². The minimum atomic E-state index is -0.413. The lowest BCUT2D eigenvalue weighted by molar-refractivity contribution is -0.115. The van der Waals surface area contributed by atoms with Crippen molar-refractivity contribution in [2.75, 3.05) is 12.4 Å². The molecular weight excluding hydrogens is 386 g/mol. The third-order valence-corrected chi connectivity index (χ3v) is 5.71. The molecule has 140 valence electrons. The molecule has 1 amide bonds. The third kappa shape index (κ3) is 4.92. The Hall–Kier alpha value is -2.72. The van der Waals surface area contributed by atoms with Crippen LogP contribution in [0.25, 0.3) is 10.6 Å². The maximum absolute atomic E-state index is 12.5. The maximum atomic E-state index is 12.5. The summed E-state index contributed by atoms with van der Waals surface area (Å²) in [6.07, 6.45) is 1.98. The van der Waals surface area contributed by atoms with Crippen LogP contribution in [0.3, 0.4) is 0 Å². The predicted octanol–water partition coefficient (Wildman–Crippen LogP) is 2.81. The molecule has 1 unspecified atom stereocenters. The van der Waals surface area contributed by atoms with E-state index < -0.39 is 5.25 Å². The van der Waals surface area contributed by atoms with Crippen molar-refractivity contribution < 1.29 is 9.53 Å². The molecule has 0 bridgehead atoms. The molecule has 1 atom stereocenters. The normalized spacial score (nSPS) is 11.8. The van der Waals surface area contributed by atoms with E-state index in [9.17, 15) is 9.59 Å². The highest BCUT2D eigenvalue weighted by atomic mass is 32.2. The van der Waals surface area contributed by atoms with Gasteiger partial charge in [0, 0.05) is 17.8 Å². The van der Waals surface area contributed by atoms with Gasteiger partial charge in [-0.3, -0.25) is 14.9 Å². The number of aromatic nitrogens is 4.